The van der Waals surface area contributed by atoms with Crippen LogP contribution in [-0.4, -0.2) is 12.1 Å². The highest BCUT2D eigenvalue weighted by Gasteiger charge is 2.16. The highest BCUT2D eigenvalue weighted by atomic mass is 19.1. The SMILES string of the molecule is O=C(NC1CCCCC1)Oc1cccc(-c2cccc(F)c2)c1. The van der Waals surface area contributed by atoms with E-state index in [2.05, 4.69) is 5.32 Å². The van der Waals surface area contributed by atoms with Crippen LogP contribution in [0, 0.1) is 5.82 Å². The summed E-state index contributed by atoms with van der Waals surface area (Å²) in [7, 11) is 0. The molecule has 1 aliphatic rings. The number of benzene rings is 2. The van der Waals surface area contributed by atoms with Gasteiger partial charge in [0.1, 0.15) is 11.6 Å². The summed E-state index contributed by atoms with van der Waals surface area (Å²) in [5.41, 5.74) is 1.57. The molecule has 0 saturated heterocycles. The van der Waals surface area contributed by atoms with Crippen molar-refractivity contribution in [3.63, 3.8) is 0 Å². The summed E-state index contributed by atoms with van der Waals surface area (Å²) in [5.74, 6) is 0.170. The third-order valence-corrected chi connectivity index (χ3v) is 4.13. The Hall–Kier alpha value is -2.36. The molecule has 0 spiro atoms. The van der Waals surface area contributed by atoms with Crippen molar-refractivity contribution >= 4 is 6.09 Å². The first-order valence-electron chi connectivity index (χ1n) is 8.05. The third-order valence-electron chi connectivity index (χ3n) is 4.13. The number of halogens is 1. The lowest BCUT2D eigenvalue weighted by molar-refractivity contribution is 0.192. The topological polar surface area (TPSA) is 38.3 Å². The maximum Gasteiger partial charge on any atom is 0.412 e. The normalized spacial score (nSPS) is 15.2. The summed E-state index contributed by atoms with van der Waals surface area (Å²) in [5, 5.41) is 2.91. The van der Waals surface area contributed by atoms with Crippen LogP contribution in [-0.2, 0) is 0 Å². The second-order valence-corrected chi connectivity index (χ2v) is 5.91. The molecule has 1 aliphatic carbocycles. The average molecular weight is 313 g/mol. The van der Waals surface area contributed by atoms with Crippen molar-refractivity contribution in [3.8, 4) is 16.9 Å². The van der Waals surface area contributed by atoms with Crippen molar-refractivity contribution in [2.24, 2.45) is 0 Å². The Bertz CT molecular complexity index is 681. The number of hydrogen-bond donors (Lipinski definition) is 1. The van der Waals surface area contributed by atoms with Crippen LogP contribution in [0.1, 0.15) is 32.1 Å². The molecule has 23 heavy (non-hydrogen) atoms. The van der Waals surface area contributed by atoms with Gasteiger partial charge in [-0.3, -0.25) is 0 Å². The first kappa shape index (κ1) is 15.5. The number of nitrogens with one attached hydrogen (secondary N) is 1. The third kappa shape index (κ3) is 4.31. The average Bonchev–Trinajstić information content (AvgIpc) is 2.56. The fraction of sp³-hybridized carbons (Fsp3) is 0.316. The summed E-state index contributed by atoms with van der Waals surface area (Å²) in [4.78, 5) is 12.0. The van der Waals surface area contributed by atoms with Gasteiger partial charge >= 0.3 is 6.09 Å². The lowest BCUT2D eigenvalue weighted by Crippen LogP contribution is -2.37. The molecule has 1 N–H and O–H groups in total. The van der Waals surface area contributed by atoms with Crippen LogP contribution >= 0.6 is 0 Å². The second kappa shape index (κ2) is 7.27. The predicted octanol–water partition coefficient (Wildman–Crippen LogP) is 4.91. The van der Waals surface area contributed by atoms with Gasteiger partial charge in [0.05, 0.1) is 0 Å². The number of carbonyl (C=O) groups excluding carboxylic acids is 1. The van der Waals surface area contributed by atoms with Crippen molar-refractivity contribution < 1.29 is 13.9 Å². The zero-order valence-corrected chi connectivity index (χ0v) is 12.9. The van der Waals surface area contributed by atoms with Gasteiger partial charge in [0.2, 0.25) is 0 Å². The van der Waals surface area contributed by atoms with E-state index in [1.54, 1.807) is 24.3 Å². The first-order valence-corrected chi connectivity index (χ1v) is 8.05. The molecule has 0 heterocycles. The molecule has 2 aromatic rings. The van der Waals surface area contributed by atoms with Gasteiger partial charge in [0.25, 0.3) is 0 Å². The number of ether oxygens (including phenoxy) is 1. The molecule has 1 fully saturated rings. The molecule has 0 unspecified atom stereocenters. The molecule has 3 nitrogen and oxygen atoms in total. The minimum absolute atomic E-state index is 0.211. The first-order chi connectivity index (χ1) is 11.2. The summed E-state index contributed by atoms with van der Waals surface area (Å²) in [6.45, 7) is 0. The summed E-state index contributed by atoms with van der Waals surface area (Å²) >= 11 is 0. The Labute approximate surface area is 135 Å². The smallest absolute Gasteiger partial charge is 0.410 e. The van der Waals surface area contributed by atoms with Gasteiger partial charge in [0.15, 0.2) is 0 Å². The van der Waals surface area contributed by atoms with E-state index in [0.29, 0.717) is 5.75 Å². The Balaban J connectivity index is 1.66. The van der Waals surface area contributed by atoms with E-state index in [4.69, 9.17) is 4.74 Å². The van der Waals surface area contributed by atoms with Gasteiger partial charge < -0.3 is 10.1 Å². The molecule has 120 valence electrons. The maximum absolute atomic E-state index is 13.3. The molecule has 1 saturated carbocycles. The van der Waals surface area contributed by atoms with E-state index in [9.17, 15) is 9.18 Å². The number of hydrogen-bond acceptors (Lipinski definition) is 2. The fourth-order valence-electron chi connectivity index (χ4n) is 2.96. The Kier molecular flexibility index (Phi) is 4.91. The van der Waals surface area contributed by atoms with E-state index in [-0.39, 0.29) is 11.9 Å². The van der Waals surface area contributed by atoms with Gasteiger partial charge in [-0.15, -0.1) is 0 Å². The summed E-state index contributed by atoms with van der Waals surface area (Å²) < 4.78 is 18.7. The molecule has 1 amide bonds. The fourth-order valence-corrected chi connectivity index (χ4v) is 2.96. The molecule has 0 atom stereocenters. The Morgan fingerprint density at radius 1 is 1.00 bits per heavy atom. The van der Waals surface area contributed by atoms with E-state index < -0.39 is 6.09 Å². The van der Waals surface area contributed by atoms with Gasteiger partial charge in [-0.25, -0.2) is 9.18 Å². The number of amides is 1. The Morgan fingerprint density at radius 2 is 1.70 bits per heavy atom. The van der Waals surface area contributed by atoms with Gasteiger partial charge in [-0.2, -0.15) is 0 Å². The van der Waals surface area contributed by atoms with E-state index in [1.165, 1.54) is 18.6 Å². The summed E-state index contributed by atoms with van der Waals surface area (Å²) in [6.07, 6.45) is 5.15. The van der Waals surface area contributed by atoms with Crippen LogP contribution in [0.15, 0.2) is 48.5 Å². The van der Waals surface area contributed by atoms with Crippen LogP contribution in [0.3, 0.4) is 0 Å². The zero-order valence-electron chi connectivity index (χ0n) is 12.9. The van der Waals surface area contributed by atoms with Crippen molar-refractivity contribution in [2.45, 2.75) is 38.1 Å². The van der Waals surface area contributed by atoms with E-state index in [1.807, 2.05) is 12.1 Å². The standard InChI is InChI=1S/C19H20FNO2/c20-16-8-4-6-14(12-16)15-7-5-11-18(13-15)23-19(22)21-17-9-2-1-3-10-17/h4-8,11-13,17H,1-3,9-10H2,(H,21,22). The van der Waals surface area contributed by atoms with Gasteiger partial charge in [0, 0.05) is 6.04 Å². The van der Waals surface area contributed by atoms with Crippen LogP contribution in [0.2, 0.25) is 0 Å². The van der Waals surface area contributed by atoms with Gasteiger partial charge in [-0.1, -0.05) is 43.5 Å². The van der Waals surface area contributed by atoms with Crippen LogP contribution in [0.4, 0.5) is 9.18 Å². The van der Waals surface area contributed by atoms with E-state index in [0.717, 1.165) is 36.8 Å². The quantitative estimate of drug-likeness (QED) is 0.874. The minimum Gasteiger partial charge on any atom is -0.410 e. The highest BCUT2D eigenvalue weighted by Crippen LogP contribution is 2.24. The second-order valence-electron chi connectivity index (χ2n) is 5.91. The van der Waals surface area contributed by atoms with Crippen molar-refractivity contribution in [1.29, 1.82) is 0 Å². The van der Waals surface area contributed by atoms with E-state index >= 15 is 0 Å². The zero-order chi connectivity index (χ0) is 16.1. The Morgan fingerprint density at radius 3 is 2.43 bits per heavy atom. The van der Waals surface area contributed by atoms with Crippen LogP contribution in [0.5, 0.6) is 5.75 Å². The molecule has 0 aliphatic heterocycles. The number of rotatable bonds is 3. The van der Waals surface area contributed by atoms with Crippen LogP contribution < -0.4 is 10.1 Å². The molecule has 0 bridgehead atoms. The number of carbonyl (C=O) groups is 1. The monoisotopic (exact) mass is 313 g/mol. The molecule has 0 aromatic heterocycles. The molecular formula is C19H20FNO2. The molecule has 0 radical (unpaired) electrons. The van der Waals surface area contributed by atoms with Crippen molar-refractivity contribution in [3.05, 3.63) is 54.3 Å². The molecular weight excluding hydrogens is 293 g/mol. The summed E-state index contributed by atoms with van der Waals surface area (Å²) in [6, 6.07) is 13.7. The predicted molar refractivity (Wildman–Crippen MR) is 87.9 cm³/mol. The maximum atomic E-state index is 13.3. The molecule has 3 rings (SSSR count). The van der Waals surface area contributed by atoms with Crippen LogP contribution in [0.25, 0.3) is 11.1 Å². The van der Waals surface area contributed by atoms with Crippen molar-refractivity contribution in [2.75, 3.05) is 0 Å². The largest absolute Gasteiger partial charge is 0.412 e. The lowest BCUT2D eigenvalue weighted by Gasteiger charge is -2.22. The highest BCUT2D eigenvalue weighted by molar-refractivity contribution is 5.72. The molecule has 2 aromatic carbocycles. The molecule has 4 heteroatoms. The van der Waals surface area contributed by atoms with Crippen molar-refractivity contribution in [1.82, 2.24) is 5.32 Å². The minimum atomic E-state index is -0.423. The van der Waals surface area contributed by atoms with Gasteiger partial charge in [-0.05, 0) is 48.2 Å². The lowest BCUT2D eigenvalue weighted by atomic mass is 9.96.